The van der Waals surface area contributed by atoms with E-state index in [1.54, 1.807) is 4.68 Å². The van der Waals surface area contributed by atoms with E-state index in [4.69, 9.17) is 0 Å². The van der Waals surface area contributed by atoms with Gasteiger partial charge in [-0.3, -0.25) is 4.79 Å². The van der Waals surface area contributed by atoms with E-state index >= 15 is 0 Å². The standard InChI is InChI=1S/C16H18N6OS/c1-12-6-2-3-7-13(12)22-15(19-20-21-22)24-10-14(23)18-16(11-17)8-4-5-9-16/h2-3,6-7H,4-5,8-10H2,1H3,(H,18,23). The molecule has 1 aliphatic rings. The van der Waals surface area contributed by atoms with Crippen LogP contribution in [0.25, 0.3) is 5.69 Å². The zero-order valence-electron chi connectivity index (χ0n) is 13.4. The Hall–Kier alpha value is -2.40. The van der Waals surface area contributed by atoms with Crippen LogP contribution in [0, 0.1) is 18.3 Å². The number of amides is 1. The van der Waals surface area contributed by atoms with Crippen molar-refractivity contribution in [3.05, 3.63) is 29.8 Å². The molecule has 0 saturated heterocycles. The molecule has 24 heavy (non-hydrogen) atoms. The molecule has 1 aliphatic carbocycles. The number of aryl methyl sites for hydroxylation is 1. The van der Waals surface area contributed by atoms with E-state index in [0.717, 1.165) is 36.9 Å². The molecule has 2 aromatic rings. The van der Waals surface area contributed by atoms with Gasteiger partial charge in [-0.05, 0) is 54.7 Å². The third kappa shape index (κ3) is 3.41. The highest BCUT2D eigenvalue weighted by Crippen LogP contribution is 2.29. The number of carbonyl (C=O) groups excluding carboxylic acids is 1. The van der Waals surface area contributed by atoms with Gasteiger partial charge in [0.2, 0.25) is 11.1 Å². The van der Waals surface area contributed by atoms with Crippen LogP contribution in [0.3, 0.4) is 0 Å². The molecule has 3 rings (SSSR count). The highest BCUT2D eigenvalue weighted by atomic mass is 32.2. The van der Waals surface area contributed by atoms with Gasteiger partial charge in [0.15, 0.2) is 0 Å². The van der Waals surface area contributed by atoms with E-state index in [9.17, 15) is 10.1 Å². The van der Waals surface area contributed by atoms with Gasteiger partial charge in [-0.25, -0.2) is 0 Å². The van der Waals surface area contributed by atoms with Crippen LogP contribution in [-0.2, 0) is 4.79 Å². The van der Waals surface area contributed by atoms with Crippen molar-refractivity contribution < 1.29 is 4.79 Å². The number of nitrogens with zero attached hydrogens (tertiary/aromatic N) is 5. The first-order valence-corrected chi connectivity index (χ1v) is 8.81. The molecule has 1 N–H and O–H groups in total. The quantitative estimate of drug-likeness (QED) is 0.835. The van der Waals surface area contributed by atoms with Gasteiger partial charge in [0.1, 0.15) is 5.54 Å². The fraction of sp³-hybridized carbons (Fsp3) is 0.438. The molecule has 0 unspecified atom stereocenters. The molecule has 0 atom stereocenters. The van der Waals surface area contributed by atoms with E-state index in [-0.39, 0.29) is 11.7 Å². The molecule has 8 heteroatoms. The van der Waals surface area contributed by atoms with Crippen molar-refractivity contribution >= 4 is 17.7 Å². The minimum absolute atomic E-state index is 0.164. The highest BCUT2D eigenvalue weighted by Gasteiger charge is 2.35. The van der Waals surface area contributed by atoms with Crippen LogP contribution >= 0.6 is 11.8 Å². The van der Waals surface area contributed by atoms with Gasteiger partial charge in [-0.1, -0.05) is 30.0 Å². The lowest BCUT2D eigenvalue weighted by atomic mass is 10.0. The predicted octanol–water partition coefficient (Wildman–Crippen LogP) is 2.02. The second kappa shape index (κ2) is 7.01. The van der Waals surface area contributed by atoms with E-state index in [2.05, 4.69) is 26.9 Å². The first kappa shape index (κ1) is 16.5. The molecule has 0 aliphatic heterocycles. The van der Waals surface area contributed by atoms with Gasteiger partial charge in [0, 0.05) is 0 Å². The molecule has 1 amide bonds. The first-order valence-electron chi connectivity index (χ1n) is 7.83. The molecule has 1 aromatic heterocycles. The monoisotopic (exact) mass is 342 g/mol. The number of rotatable bonds is 5. The zero-order chi connectivity index (χ0) is 17.0. The maximum atomic E-state index is 12.2. The van der Waals surface area contributed by atoms with Crippen molar-refractivity contribution in [2.45, 2.75) is 43.3 Å². The average Bonchev–Trinajstić information content (AvgIpc) is 3.23. The lowest BCUT2D eigenvalue weighted by molar-refractivity contribution is -0.119. The van der Waals surface area contributed by atoms with Gasteiger partial charge in [-0.15, -0.1) is 5.10 Å². The third-order valence-electron chi connectivity index (χ3n) is 4.17. The molecule has 7 nitrogen and oxygen atoms in total. The smallest absolute Gasteiger partial charge is 0.231 e. The first-order chi connectivity index (χ1) is 11.6. The molecule has 1 aromatic carbocycles. The van der Waals surface area contributed by atoms with Crippen molar-refractivity contribution in [3.8, 4) is 11.8 Å². The van der Waals surface area contributed by atoms with Crippen molar-refractivity contribution in [1.29, 1.82) is 5.26 Å². The van der Waals surface area contributed by atoms with Crippen LogP contribution in [-0.4, -0.2) is 37.4 Å². The number of thioether (sulfide) groups is 1. The number of nitriles is 1. The van der Waals surface area contributed by atoms with Crippen LogP contribution in [0.2, 0.25) is 0 Å². The molecule has 124 valence electrons. The van der Waals surface area contributed by atoms with Crippen molar-refractivity contribution in [3.63, 3.8) is 0 Å². The van der Waals surface area contributed by atoms with Crippen LogP contribution in [0.1, 0.15) is 31.2 Å². The molecule has 0 spiro atoms. The van der Waals surface area contributed by atoms with Crippen molar-refractivity contribution in [2.24, 2.45) is 0 Å². The van der Waals surface area contributed by atoms with Gasteiger partial charge < -0.3 is 5.32 Å². The topological polar surface area (TPSA) is 96.5 Å². The minimum atomic E-state index is -0.695. The maximum Gasteiger partial charge on any atom is 0.231 e. The lowest BCUT2D eigenvalue weighted by Gasteiger charge is -2.21. The molecule has 0 bridgehead atoms. The summed E-state index contributed by atoms with van der Waals surface area (Å²) in [5.74, 6) is 0.0122. The van der Waals surface area contributed by atoms with E-state index in [1.807, 2.05) is 31.2 Å². The van der Waals surface area contributed by atoms with Crippen LogP contribution in [0.15, 0.2) is 29.4 Å². The number of hydrogen-bond donors (Lipinski definition) is 1. The summed E-state index contributed by atoms with van der Waals surface area (Å²) >= 11 is 1.26. The normalized spacial score (nSPS) is 15.8. The van der Waals surface area contributed by atoms with Crippen LogP contribution in [0.5, 0.6) is 0 Å². The Bertz CT molecular complexity index is 775. The van der Waals surface area contributed by atoms with Crippen LogP contribution < -0.4 is 5.32 Å². The van der Waals surface area contributed by atoms with Crippen LogP contribution in [0.4, 0.5) is 0 Å². The third-order valence-corrected chi connectivity index (χ3v) is 5.09. The summed E-state index contributed by atoms with van der Waals surface area (Å²) in [7, 11) is 0. The van der Waals surface area contributed by atoms with Gasteiger partial charge in [0.25, 0.3) is 0 Å². The summed E-state index contributed by atoms with van der Waals surface area (Å²) in [4.78, 5) is 12.2. The lowest BCUT2D eigenvalue weighted by Crippen LogP contribution is -2.45. The van der Waals surface area contributed by atoms with Gasteiger partial charge in [-0.2, -0.15) is 9.94 Å². The summed E-state index contributed by atoms with van der Waals surface area (Å²) in [5.41, 5.74) is 1.24. The second-order valence-corrected chi connectivity index (χ2v) is 6.84. The Balaban J connectivity index is 1.66. The fourth-order valence-corrected chi connectivity index (χ4v) is 3.58. The number of nitrogens with one attached hydrogen (secondary N) is 1. The Morgan fingerprint density at radius 1 is 1.42 bits per heavy atom. The zero-order valence-corrected chi connectivity index (χ0v) is 14.2. The average molecular weight is 342 g/mol. The van der Waals surface area contributed by atoms with E-state index in [0.29, 0.717) is 5.16 Å². The largest absolute Gasteiger partial charge is 0.337 e. The van der Waals surface area contributed by atoms with E-state index < -0.39 is 5.54 Å². The second-order valence-electron chi connectivity index (χ2n) is 5.90. The maximum absolute atomic E-state index is 12.2. The highest BCUT2D eigenvalue weighted by molar-refractivity contribution is 7.99. The Morgan fingerprint density at radius 3 is 2.88 bits per heavy atom. The summed E-state index contributed by atoms with van der Waals surface area (Å²) in [5, 5.41) is 24.5. The molecular formula is C16H18N6OS. The van der Waals surface area contributed by atoms with E-state index in [1.165, 1.54) is 11.8 Å². The number of benzene rings is 1. The Labute approximate surface area is 144 Å². The number of aromatic nitrogens is 4. The van der Waals surface area contributed by atoms with Crippen molar-refractivity contribution in [2.75, 3.05) is 5.75 Å². The summed E-state index contributed by atoms with van der Waals surface area (Å²) in [6, 6.07) is 10.0. The SMILES string of the molecule is Cc1ccccc1-n1nnnc1SCC(=O)NC1(C#N)CCCC1. The molecular weight excluding hydrogens is 324 g/mol. The summed E-state index contributed by atoms with van der Waals surface area (Å²) in [6.45, 7) is 1.98. The molecule has 1 saturated carbocycles. The summed E-state index contributed by atoms with van der Waals surface area (Å²) < 4.78 is 1.63. The molecule has 0 radical (unpaired) electrons. The number of tetrazole rings is 1. The number of hydrogen-bond acceptors (Lipinski definition) is 6. The van der Waals surface area contributed by atoms with Gasteiger partial charge in [0.05, 0.1) is 17.5 Å². The number of para-hydroxylation sites is 1. The minimum Gasteiger partial charge on any atom is -0.337 e. The Kier molecular flexibility index (Phi) is 4.81. The Morgan fingerprint density at radius 2 is 2.17 bits per heavy atom. The number of carbonyl (C=O) groups is 1. The van der Waals surface area contributed by atoms with Gasteiger partial charge >= 0.3 is 0 Å². The van der Waals surface area contributed by atoms with Crippen molar-refractivity contribution in [1.82, 2.24) is 25.5 Å². The molecule has 1 fully saturated rings. The predicted molar refractivity (Wildman–Crippen MR) is 89.6 cm³/mol. The molecule has 1 heterocycles. The fourth-order valence-electron chi connectivity index (χ4n) is 2.90. The summed E-state index contributed by atoms with van der Waals surface area (Å²) in [6.07, 6.45) is 3.40.